The van der Waals surface area contributed by atoms with Gasteiger partial charge in [0.2, 0.25) is 0 Å². The normalized spacial score (nSPS) is 15.8. The van der Waals surface area contributed by atoms with Crippen molar-refractivity contribution in [3.05, 3.63) is 12.2 Å². The summed E-state index contributed by atoms with van der Waals surface area (Å²) in [5.74, 6) is -52.1. The van der Waals surface area contributed by atoms with Crippen molar-refractivity contribution in [2.45, 2.75) is 48.1 Å². The van der Waals surface area contributed by atoms with Crippen LogP contribution < -0.4 is 0 Å². The molecule has 0 heterocycles. The second-order valence-electron chi connectivity index (χ2n) is 5.30. The van der Waals surface area contributed by atoms with E-state index in [2.05, 4.69) is 11.3 Å². The maximum absolute atomic E-state index is 13.3. The highest BCUT2D eigenvalue weighted by molar-refractivity contribution is 5.92. The molecule has 0 aliphatic rings. The third-order valence-electron chi connectivity index (χ3n) is 3.23. The van der Waals surface area contributed by atoms with Crippen molar-refractivity contribution < 1.29 is 79.8 Å². The van der Waals surface area contributed by atoms with Gasteiger partial charge in [0.15, 0.2) is 0 Å². The third-order valence-corrected chi connectivity index (χ3v) is 3.23. The number of alkyl halides is 16. The second-order valence-corrected chi connectivity index (χ2v) is 5.30. The lowest BCUT2D eigenvalue weighted by Crippen LogP contribution is -2.73. The van der Waals surface area contributed by atoms with E-state index in [1.54, 1.807) is 0 Å². The summed E-state index contributed by atoms with van der Waals surface area (Å²) >= 11 is 0. The van der Waals surface area contributed by atoms with Gasteiger partial charge in [0.25, 0.3) is 0 Å². The summed E-state index contributed by atoms with van der Waals surface area (Å²) in [5, 5.41) is 8.07. The van der Waals surface area contributed by atoms with Gasteiger partial charge in [-0.05, 0) is 0 Å². The molecule has 0 amide bonds. The zero-order valence-electron chi connectivity index (χ0n) is 13.6. The quantitative estimate of drug-likeness (QED) is 0.199. The number of carbonyl (C=O) groups excluding carboxylic acids is 1. The minimum Gasteiger partial charge on any atom is -0.420 e. The number of nitriles is 1. The van der Waals surface area contributed by atoms with Gasteiger partial charge in [-0.25, -0.2) is 4.79 Å². The summed E-state index contributed by atoms with van der Waals surface area (Å²) in [7, 11) is 0. The number of esters is 1. The standard InChI is InChI=1S/C12H3F16NO2/c1-3(2-29)4(30)31-5(13)6(14,15)7(16,17)8(18,19)9(20,21)10(22,23)11(24,25)12(26,27)28/h5H,1H2. The predicted octanol–water partition coefficient (Wildman–Crippen LogP) is 5.28. The average Bonchev–Trinajstić information content (AvgIpc) is 2.58. The van der Waals surface area contributed by atoms with E-state index in [0.29, 0.717) is 6.07 Å². The van der Waals surface area contributed by atoms with E-state index in [4.69, 9.17) is 5.26 Å². The lowest BCUT2D eigenvalue weighted by atomic mass is 9.91. The fraction of sp³-hybridized carbons (Fsp3) is 0.667. The molecule has 0 radical (unpaired) electrons. The number of ether oxygens (including phenoxy) is 1. The summed E-state index contributed by atoms with van der Waals surface area (Å²) < 4.78 is 209. The van der Waals surface area contributed by atoms with E-state index in [0.717, 1.165) is 0 Å². The Hall–Kier alpha value is -2.42. The summed E-state index contributed by atoms with van der Waals surface area (Å²) in [6.45, 7) is 2.35. The van der Waals surface area contributed by atoms with E-state index < -0.39 is 59.6 Å². The van der Waals surface area contributed by atoms with Crippen LogP contribution in [-0.2, 0) is 9.53 Å². The Labute approximate surface area is 158 Å². The van der Waals surface area contributed by atoms with Crippen LogP contribution in [0.4, 0.5) is 70.2 Å². The summed E-state index contributed by atoms with van der Waals surface area (Å²) in [5.41, 5.74) is -1.66. The molecule has 3 nitrogen and oxygen atoms in total. The lowest BCUT2D eigenvalue weighted by molar-refractivity contribution is -0.458. The Morgan fingerprint density at radius 3 is 1.35 bits per heavy atom. The highest BCUT2D eigenvalue weighted by Crippen LogP contribution is 2.62. The molecule has 0 fully saturated rings. The van der Waals surface area contributed by atoms with Crippen LogP contribution in [0.2, 0.25) is 0 Å². The topological polar surface area (TPSA) is 50.1 Å². The second kappa shape index (κ2) is 7.62. The zero-order chi connectivity index (χ0) is 25.6. The molecule has 0 aromatic rings. The molecule has 0 aromatic carbocycles. The molecule has 0 bridgehead atoms. The molecule has 31 heavy (non-hydrogen) atoms. The highest BCUT2D eigenvalue weighted by atomic mass is 19.4. The Bertz CT molecular complexity index is 762. The largest absolute Gasteiger partial charge is 0.460 e. The first kappa shape index (κ1) is 28.6. The predicted molar refractivity (Wildman–Crippen MR) is 61.5 cm³/mol. The van der Waals surface area contributed by atoms with E-state index in [1.165, 1.54) is 0 Å². The smallest absolute Gasteiger partial charge is 0.420 e. The van der Waals surface area contributed by atoms with E-state index in [9.17, 15) is 75.0 Å². The van der Waals surface area contributed by atoms with Crippen LogP contribution in [-0.4, -0.2) is 54.0 Å². The third kappa shape index (κ3) is 3.95. The van der Waals surface area contributed by atoms with E-state index in [1.807, 2.05) is 0 Å². The average molecular weight is 497 g/mol. The number of hydrogen-bond acceptors (Lipinski definition) is 3. The summed E-state index contributed by atoms with van der Waals surface area (Å²) in [6, 6.07) is 0.640. The van der Waals surface area contributed by atoms with Crippen molar-refractivity contribution in [3.8, 4) is 6.07 Å². The molecule has 0 aromatic heterocycles. The zero-order valence-corrected chi connectivity index (χ0v) is 13.6. The van der Waals surface area contributed by atoms with Crippen molar-refractivity contribution in [2.24, 2.45) is 0 Å². The highest BCUT2D eigenvalue weighted by Gasteiger charge is 2.94. The van der Waals surface area contributed by atoms with Crippen LogP contribution in [0.1, 0.15) is 0 Å². The summed E-state index contributed by atoms with van der Waals surface area (Å²) in [4.78, 5) is 10.8. The fourth-order valence-electron chi connectivity index (χ4n) is 1.41. The number of hydrogen-bond donors (Lipinski definition) is 0. The molecule has 0 spiro atoms. The van der Waals surface area contributed by atoms with Gasteiger partial charge in [0, 0.05) is 0 Å². The molecular weight excluding hydrogens is 494 g/mol. The van der Waals surface area contributed by atoms with Crippen LogP contribution in [0.15, 0.2) is 12.2 Å². The molecule has 19 heteroatoms. The van der Waals surface area contributed by atoms with Crippen LogP contribution in [0.25, 0.3) is 0 Å². The first-order chi connectivity index (χ1) is 13.3. The van der Waals surface area contributed by atoms with Crippen LogP contribution in [0, 0.1) is 11.3 Å². The first-order valence-electron chi connectivity index (χ1n) is 6.56. The molecule has 1 unspecified atom stereocenters. The van der Waals surface area contributed by atoms with Crippen molar-refractivity contribution in [2.75, 3.05) is 0 Å². The first-order valence-corrected chi connectivity index (χ1v) is 6.56. The van der Waals surface area contributed by atoms with Gasteiger partial charge in [-0.2, -0.15) is 75.5 Å². The minimum atomic E-state index is -8.61. The van der Waals surface area contributed by atoms with E-state index in [-0.39, 0.29) is 0 Å². The minimum absolute atomic E-state index is 0.640. The van der Waals surface area contributed by atoms with Gasteiger partial charge in [-0.1, -0.05) is 6.58 Å². The fourth-order valence-corrected chi connectivity index (χ4v) is 1.41. The molecule has 0 aliphatic carbocycles. The number of halogens is 16. The van der Waals surface area contributed by atoms with Gasteiger partial charge < -0.3 is 4.74 Å². The molecule has 0 saturated heterocycles. The molecule has 0 N–H and O–H groups in total. The van der Waals surface area contributed by atoms with Crippen LogP contribution in [0.3, 0.4) is 0 Å². The van der Waals surface area contributed by atoms with Gasteiger partial charge in [0.05, 0.1) is 0 Å². The molecule has 0 saturated carbocycles. The van der Waals surface area contributed by atoms with Gasteiger partial charge >= 0.3 is 54.0 Å². The van der Waals surface area contributed by atoms with Gasteiger partial charge in [0.1, 0.15) is 11.6 Å². The number of carbonyl (C=O) groups is 1. The molecule has 0 aliphatic heterocycles. The van der Waals surface area contributed by atoms with E-state index >= 15 is 0 Å². The maximum atomic E-state index is 13.3. The van der Waals surface area contributed by atoms with Crippen LogP contribution in [0.5, 0.6) is 0 Å². The van der Waals surface area contributed by atoms with Crippen molar-refractivity contribution in [1.82, 2.24) is 0 Å². The number of nitrogens with zero attached hydrogens (tertiary/aromatic N) is 1. The summed E-state index contributed by atoms with van der Waals surface area (Å²) in [6.07, 6.45) is -13.2. The lowest BCUT2D eigenvalue weighted by Gasteiger charge is -2.41. The molecular formula is C12H3F16NO2. The van der Waals surface area contributed by atoms with Crippen molar-refractivity contribution >= 4 is 5.97 Å². The Balaban J connectivity index is 6.47. The van der Waals surface area contributed by atoms with Gasteiger partial charge in [-0.15, -0.1) is 0 Å². The molecule has 0 rings (SSSR count). The Morgan fingerprint density at radius 1 is 0.710 bits per heavy atom. The SMILES string of the molecule is C=C(C#N)C(=O)OC(F)C(F)(F)C(F)(F)C(F)(F)C(F)(F)C(F)(F)C(F)(F)C(F)(F)F. The van der Waals surface area contributed by atoms with Crippen LogP contribution >= 0.6 is 0 Å². The molecule has 1 atom stereocenters. The van der Waals surface area contributed by atoms with Gasteiger partial charge in [-0.3, -0.25) is 0 Å². The number of rotatable bonds is 8. The monoisotopic (exact) mass is 497 g/mol. The van der Waals surface area contributed by atoms with Crippen molar-refractivity contribution in [3.63, 3.8) is 0 Å². The maximum Gasteiger partial charge on any atom is 0.460 e. The molecule has 180 valence electrons. The Morgan fingerprint density at radius 2 is 1.03 bits per heavy atom. The van der Waals surface area contributed by atoms with Crippen molar-refractivity contribution in [1.29, 1.82) is 5.26 Å². The Kier molecular flexibility index (Phi) is 7.02.